The molecule has 1 N–H and O–H groups in total. The molecule has 2 rings (SSSR count). The van der Waals surface area contributed by atoms with Crippen LogP contribution >= 0.6 is 0 Å². The Hall–Kier alpha value is -0.900. The Morgan fingerprint density at radius 1 is 1.10 bits per heavy atom. The molecule has 112 valence electrons. The van der Waals surface area contributed by atoms with Crippen molar-refractivity contribution in [1.82, 2.24) is 10.2 Å². The largest absolute Gasteiger partial charge is 0.375 e. The number of benzene rings is 1. The van der Waals surface area contributed by atoms with Gasteiger partial charge >= 0.3 is 0 Å². The summed E-state index contributed by atoms with van der Waals surface area (Å²) in [5.74, 6) is 0. The van der Waals surface area contributed by atoms with E-state index >= 15 is 0 Å². The van der Waals surface area contributed by atoms with Crippen molar-refractivity contribution in [2.45, 2.75) is 39.3 Å². The summed E-state index contributed by atoms with van der Waals surface area (Å²) in [5.41, 5.74) is 2.67. The molecule has 3 heteroatoms. The number of rotatable bonds is 8. The molecule has 0 aliphatic carbocycles. The van der Waals surface area contributed by atoms with Crippen molar-refractivity contribution in [1.29, 1.82) is 0 Å². The van der Waals surface area contributed by atoms with Crippen LogP contribution < -0.4 is 5.32 Å². The Morgan fingerprint density at radius 2 is 1.85 bits per heavy atom. The average molecular weight is 276 g/mol. The molecule has 1 aliphatic rings. The smallest absolute Gasteiger partial charge is 0.0720 e. The fourth-order valence-corrected chi connectivity index (χ4v) is 2.69. The van der Waals surface area contributed by atoms with Crippen molar-refractivity contribution in [2.75, 3.05) is 32.8 Å². The number of hydrogen-bond donors (Lipinski definition) is 1. The summed E-state index contributed by atoms with van der Waals surface area (Å²) >= 11 is 0. The van der Waals surface area contributed by atoms with Crippen LogP contribution in [0.2, 0.25) is 0 Å². The minimum absolute atomic E-state index is 0.732. The number of hydrogen-bond acceptors (Lipinski definition) is 3. The first-order valence-corrected chi connectivity index (χ1v) is 7.97. The summed E-state index contributed by atoms with van der Waals surface area (Å²) in [5, 5.41) is 3.38. The summed E-state index contributed by atoms with van der Waals surface area (Å²) in [6.07, 6.45) is 4.10. The molecule has 0 amide bonds. The molecule has 0 aromatic heterocycles. The normalized spacial score (nSPS) is 16.4. The minimum Gasteiger partial charge on any atom is -0.375 e. The second kappa shape index (κ2) is 9.11. The molecule has 0 radical (unpaired) electrons. The van der Waals surface area contributed by atoms with Crippen LogP contribution in [0.4, 0.5) is 0 Å². The predicted octanol–water partition coefficient (Wildman–Crippen LogP) is 2.80. The van der Waals surface area contributed by atoms with Crippen LogP contribution in [0.1, 0.15) is 37.3 Å². The van der Waals surface area contributed by atoms with E-state index in [1.807, 2.05) is 0 Å². The maximum Gasteiger partial charge on any atom is 0.0720 e. The van der Waals surface area contributed by atoms with Gasteiger partial charge in [-0.3, -0.25) is 0 Å². The van der Waals surface area contributed by atoms with Crippen LogP contribution in [-0.2, 0) is 17.9 Å². The first-order chi connectivity index (χ1) is 9.90. The number of ether oxygens (including phenoxy) is 1. The fourth-order valence-electron chi connectivity index (χ4n) is 2.69. The third kappa shape index (κ3) is 5.23. The highest BCUT2D eigenvalue weighted by Gasteiger charge is 2.09. The average Bonchev–Trinajstić information content (AvgIpc) is 2.51. The summed E-state index contributed by atoms with van der Waals surface area (Å²) in [6.45, 7) is 9.23. The Labute approximate surface area is 123 Å². The quantitative estimate of drug-likeness (QED) is 0.739. The van der Waals surface area contributed by atoms with Gasteiger partial charge in [-0.05, 0) is 43.6 Å². The van der Waals surface area contributed by atoms with E-state index in [1.54, 1.807) is 0 Å². The molecule has 0 saturated carbocycles. The maximum atomic E-state index is 5.87. The van der Waals surface area contributed by atoms with Crippen molar-refractivity contribution in [3.63, 3.8) is 0 Å². The molecule has 1 heterocycles. The van der Waals surface area contributed by atoms with E-state index in [-0.39, 0.29) is 0 Å². The molecular formula is C17H28N2O. The van der Waals surface area contributed by atoms with Crippen molar-refractivity contribution < 1.29 is 4.74 Å². The van der Waals surface area contributed by atoms with E-state index in [9.17, 15) is 0 Å². The van der Waals surface area contributed by atoms with Crippen LogP contribution in [0.25, 0.3) is 0 Å². The molecule has 1 aromatic carbocycles. The summed E-state index contributed by atoms with van der Waals surface area (Å²) < 4.78 is 5.87. The Balaban J connectivity index is 1.70. The molecule has 1 aromatic rings. The van der Waals surface area contributed by atoms with E-state index in [1.165, 1.54) is 43.5 Å². The lowest BCUT2D eigenvalue weighted by atomic mass is 10.1. The SMILES string of the molecule is CCNCc1ccccc1COCCN1CCCCC1. The van der Waals surface area contributed by atoms with Crippen LogP contribution in [0.5, 0.6) is 0 Å². The molecule has 0 unspecified atom stereocenters. The third-order valence-corrected chi connectivity index (χ3v) is 3.94. The van der Waals surface area contributed by atoms with Gasteiger partial charge < -0.3 is 15.0 Å². The minimum atomic E-state index is 0.732. The maximum absolute atomic E-state index is 5.87. The predicted molar refractivity (Wildman–Crippen MR) is 83.8 cm³/mol. The van der Waals surface area contributed by atoms with Crippen molar-refractivity contribution in [3.05, 3.63) is 35.4 Å². The lowest BCUT2D eigenvalue weighted by molar-refractivity contribution is 0.0859. The van der Waals surface area contributed by atoms with Gasteiger partial charge in [0.15, 0.2) is 0 Å². The summed E-state index contributed by atoms with van der Waals surface area (Å²) in [6, 6.07) is 8.56. The summed E-state index contributed by atoms with van der Waals surface area (Å²) in [7, 11) is 0. The summed E-state index contributed by atoms with van der Waals surface area (Å²) in [4.78, 5) is 2.52. The second-order valence-corrected chi connectivity index (χ2v) is 5.50. The molecule has 3 nitrogen and oxygen atoms in total. The van der Waals surface area contributed by atoms with E-state index in [0.717, 1.165) is 32.8 Å². The van der Waals surface area contributed by atoms with E-state index in [0.29, 0.717) is 0 Å². The highest BCUT2D eigenvalue weighted by molar-refractivity contribution is 5.26. The van der Waals surface area contributed by atoms with E-state index < -0.39 is 0 Å². The molecule has 1 aliphatic heterocycles. The number of nitrogens with one attached hydrogen (secondary N) is 1. The van der Waals surface area contributed by atoms with Crippen molar-refractivity contribution >= 4 is 0 Å². The number of likely N-dealkylation sites (tertiary alicyclic amines) is 1. The van der Waals surface area contributed by atoms with Crippen LogP contribution in [-0.4, -0.2) is 37.7 Å². The van der Waals surface area contributed by atoms with Crippen LogP contribution in [0.3, 0.4) is 0 Å². The Kier molecular flexibility index (Phi) is 7.06. The van der Waals surface area contributed by atoms with E-state index in [2.05, 4.69) is 41.4 Å². The van der Waals surface area contributed by atoms with Crippen molar-refractivity contribution in [3.8, 4) is 0 Å². The highest BCUT2D eigenvalue weighted by atomic mass is 16.5. The Morgan fingerprint density at radius 3 is 2.60 bits per heavy atom. The molecule has 0 bridgehead atoms. The van der Waals surface area contributed by atoms with Gasteiger partial charge in [0.25, 0.3) is 0 Å². The van der Waals surface area contributed by atoms with Crippen LogP contribution in [0.15, 0.2) is 24.3 Å². The van der Waals surface area contributed by atoms with Gasteiger partial charge in [0.05, 0.1) is 13.2 Å². The molecule has 0 spiro atoms. The first-order valence-electron chi connectivity index (χ1n) is 7.97. The molecule has 1 fully saturated rings. The van der Waals surface area contributed by atoms with Crippen molar-refractivity contribution in [2.24, 2.45) is 0 Å². The van der Waals surface area contributed by atoms with Gasteiger partial charge in [-0.25, -0.2) is 0 Å². The molecule has 1 saturated heterocycles. The van der Waals surface area contributed by atoms with Gasteiger partial charge in [0.1, 0.15) is 0 Å². The second-order valence-electron chi connectivity index (χ2n) is 5.50. The van der Waals surface area contributed by atoms with Crippen LogP contribution in [0, 0.1) is 0 Å². The lowest BCUT2D eigenvalue weighted by Crippen LogP contribution is -2.32. The lowest BCUT2D eigenvalue weighted by Gasteiger charge is -2.26. The van der Waals surface area contributed by atoms with Gasteiger partial charge in [-0.15, -0.1) is 0 Å². The van der Waals surface area contributed by atoms with Gasteiger partial charge in [-0.2, -0.15) is 0 Å². The van der Waals surface area contributed by atoms with E-state index in [4.69, 9.17) is 4.74 Å². The standard InChI is InChI=1S/C17H28N2O/c1-2-18-14-16-8-4-5-9-17(16)15-20-13-12-19-10-6-3-7-11-19/h4-5,8-9,18H,2-3,6-7,10-15H2,1H3. The fraction of sp³-hybridized carbons (Fsp3) is 0.647. The highest BCUT2D eigenvalue weighted by Crippen LogP contribution is 2.11. The molecule has 20 heavy (non-hydrogen) atoms. The number of piperidine rings is 1. The zero-order valence-corrected chi connectivity index (χ0v) is 12.7. The first kappa shape index (κ1) is 15.5. The zero-order valence-electron chi connectivity index (χ0n) is 12.7. The third-order valence-electron chi connectivity index (χ3n) is 3.94. The number of nitrogens with zero attached hydrogens (tertiary/aromatic N) is 1. The zero-order chi connectivity index (χ0) is 14.0. The topological polar surface area (TPSA) is 24.5 Å². The molecule has 0 atom stereocenters. The molecular weight excluding hydrogens is 248 g/mol. The van der Waals surface area contributed by atoms with Gasteiger partial charge in [-0.1, -0.05) is 37.6 Å². The van der Waals surface area contributed by atoms with Gasteiger partial charge in [0.2, 0.25) is 0 Å². The monoisotopic (exact) mass is 276 g/mol. The van der Waals surface area contributed by atoms with Gasteiger partial charge in [0, 0.05) is 13.1 Å². The Bertz CT molecular complexity index is 375.